The Morgan fingerprint density at radius 2 is 1.68 bits per heavy atom. The summed E-state index contributed by atoms with van der Waals surface area (Å²) in [4.78, 5) is 27.7. The fourth-order valence-corrected chi connectivity index (χ4v) is 2.53. The molecular formula is C18H23N3O4. The van der Waals surface area contributed by atoms with Gasteiger partial charge in [0.25, 0.3) is 0 Å². The second kappa shape index (κ2) is 8.02. The SMILES string of the molecule is CN(CC(=O)NC1CC1)C(=O)CN(Cc1ccco1)Cc1ccco1. The smallest absolute Gasteiger partial charge is 0.239 e. The molecule has 1 fully saturated rings. The molecule has 1 aliphatic carbocycles. The van der Waals surface area contributed by atoms with Gasteiger partial charge in [-0.15, -0.1) is 0 Å². The molecule has 1 saturated carbocycles. The van der Waals surface area contributed by atoms with E-state index in [-0.39, 0.29) is 24.9 Å². The molecule has 0 unspecified atom stereocenters. The Morgan fingerprint density at radius 1 is 1.08 bits per heavy atom. The second-order valence-corrected chi connectivity index (χ2v) is 6.40. The third kappa shape index (κ3) is 5.49. The van der Waals surface area contributed by atoms with Gasteiger partial charge in [-0.25, -0.2) is 0 Å². The third-order valence-electron chi connectivity index (χ3n) is 4.03. The number of nitrogens with one attached hydrogen (secondary N) is 1. The maximum atomic E-state index is 12.5. The van der Waals surface area contributed by atoms with Crippen molar-refractivity contribution < 1.29 is 18.4 Å². The molecule has 0 saturated heterocycles. The van der Waals surface area contributed by atoms with Crippen LogP contribution in [0.5, 0.6) is 0 Å². The van der Waals surface area contributed by atoms with E-state index in [1.165, 1.54) is 4.90 Å². The van der Waals surface area contributed by atoms with Gasteiger partial charge in [0.2, 0.25) is 11.8 Å². The van der Waals surface area contributed by atoms with Crippen LogP contribution in [0.25, 0.3) is 0 Å². The van der Waals surface area contributed by atoms with Crippen molar-refractivity contribution in [3.8, 4) is 0 Å². The average Bonchev–Trinajstić information content (AvgIpc) is 3.02. The van der Waals surface area contributed by atoms with E-state index in [4.69, 9.17) is 8.83 Å². The minimum absolute atomic E-state index is 0.0741. The zero-order valence-electron chi connectivity index (χ0n) is 14.3. The van der Waals surface area contributed by atoms with Crippen LogP contribution in [-0.2, 0) is 22.7 Å². The van der Waals surface area contributed by atoms with Crippen LogP contribution >= 0.6 is 0 Å². The fourth-order valence-electron chi connectivity index (χ4n) is 2.53. The lowest BCUT2D eigenvalue weighted by Crippen LogP contribution is -2.43. The first-order valence-corrected chi connectivity index (χ1v) is 8.40. The number of carbonyl (C=O) groups excluding carboxylic acids is 2. The third-order valence-corrected chi connectivity index (χ3v) is 4.03. The summed E-state index contributed by atoms with van der Waals surface area (Å²) in [5.41, 5.74) is 0. The van der Waals surface area contributed by atoms with Crippen molar-refractivity contribution in [1.82, 2.24) is 15.1 Å². The predicted octanol–water partition coefficient (Wildman–Crippen LogP) is 1.61. The van der Waals surface area contributed by atoms with E-state index in [9.17, 15) is 9.59 Å². The molecule has 3 rings (SSSR count). The van der Waals surface area contributed by atoms with Crippen molar-refractivity contribution in [2.45, 2.75) is 32.0 Å². The van der Waals surface area contributed by atoms with Crippen molar-refractivity contribution >= 4 is 11.8 Å². The Kier molecular flexibility index (Phi) is 5.55. The van der Waals surface area contributed by atoms with Crippen molar-refractivity contribution in [3.05, 3.63) is 48.3 Å². The topological polar surface area (TPSA) is 78.9 Å². The molecule has 1 aliphatic rings. The summed E-state index contributed by atoms with van der Waals surface area (Å²) < 4.78 is 10.8. The highest BCUT2D eigenvalue weighted by Crippen LogP contribution is 2.18. The van der Waals surface area contributed by atoms with Gasteiger partial charge in [-0.2, -0.15) is 0 Å². The van der Waals surface area contributed by atoms with E-state index >= 15 is 0 Å². The van der Waals surface area contributed by atoms with E-state index in [0.717, 1.165) is 24.4 Å². The molecule has 0 aromatic carbocycles. The number of hydrogen-bond acceptors (Lipinski definition) is 5. The van der Waals surface area contributed by atoms with Crippen LogP contribution in [0, 0.1) is 0 Å². The summed E-state index contributed by atoms with van der Waals surface area (Å²) in [5, 5.41) is 2.89. The standard InChI is InChI=1S/C18H23N3O4/c1-20(12-17(22)19-14-6-7-14)18(23)13-21(10-15-4-2-8-24-15)11-16-5-3-9-25-16/h2-5,8-9,14H,6-7,10-13H2,1H3,(H,19,22). The van der Waals surface area contributed by atoms with E-state index in [2.05, 4.69) is 5.32 Å². The summed E-state index contributed by atoms with van der Waals surface area (Å²) in [6.07, 6.45) is 5.28. The Morgan fingerprint density at radius 3 is 2.16 bits per heavy atom. The van der Waals surface area contributed by atoms with Gasteiger partial charge in [0, 0.05) is 13.1 Å². The second-order valence-electron chi connectivity index (χ2n) is 6.40. The van der Waals surface area contributed by atoms with Crippen LogP contribution in [-0.4, -0.2) is 47.8 Å². The van der Waals surface area contributed by atoms with Crippen molar-refractivity contribution in [2.24, 2.45) is 0 Å². The quantitative estimate of drug-likeness (QED) is 0.747. The van der Waals surface area contributed by atoms with Gasteiger partial charge in [-0.3, -0.25) is 14.5 Å². The number of likely N-dealkylation sites (N-methyl/N-ethyl adjacent to an activating group) is 1. The highest BCUT2D eigenvalue weighted by atomic mass is 16.3. The summed E-state index contributed by atoms with van der Waals surface area (Å²) in [5.74, 6) is 1.31. The van der Waals surface area contributed by atoms with Crippen LogP contribution in [0.3, 0.4) is 0 Å². The van der Waals surface area contributed by atoms with E-state index in [0.29, 0.717) is 19.1 Å². The Balaban J connectivity index is 1.55. The average molecular weight is 345 g/mol. The number of hydrogen-bond donors (Lipinski definition) is 1. The molecule has 2 aromatic heterocycles. The molecule has 2 aromatic rings. The fraction of sp³-hybridized carbons (Fsp3) is 0.444. The lowest BCUT2D eigenvalue weighted by molar-refractivity contribution is -0.136. The van der Waals surface area contributed by atoms with Crippen LogP contribution < -0.4 is 5.32 Å². The minimum atomic E-state index is -0.121. The first-order valence-electron chi connectivity index (χ1n) is 8.40. The molecule has 0 spiro atoms. The molecular weight excluding hydrogens is 322 g/mol. The van der Waals surface area contributed by atoms with Gasteiger partial charge >= 0.3 is 0 Å². The summed E-state index contributed by atoms with van der Waals surface area (Å²) in [6.45, 7) is 1.22. The molecule has 0 radical (unpaired) electrons. The van der Waals surface area contributed by atoms with Gasteiger partial charge in [-0.1, -0.05) is 0 Å². The molecule has 0 bridgehead atoms. The van der Waals surface area contributed by atoms with Crippen molar-refractivity contribution in [1.29, 1.82) is 0 Å². The molecule has 7 nitrogen and oxygen atoms in total. The molecule has 25 heavy (non-hydrogen) atoms. The summed E-state index contributed by atoms with van der Waals surface area (Å²) >= 11 is 0. The lowest BCUT2D eigenvalue weighted by Gasteiger charge is -2.23. The van der Waals surface area contributed by atoms with Gasteiger partial charge in [0.1, 0.15) is 11.5 Å². The molecule has 134 valence electrons. The molecule has 2 heterocycles. The Bertz CT molecular complexity index is 641. The monoisotopic (exact) mass is 345 g/mol. The number of amides is 2. The number of nitrogens with zero attached hydrogens (tertiary/aromatic N) is 2. The van der Waals surface area contributed by atoms with Crippen molar-refractivity contribution in [2.75, 3.05) is 20.1 Å². The zero-order chi connectivity index (χ0) is 17.6. The maximum absolute atomic E-state index is 12.5. The Labute approximate surface area is 146 Å². The minimum Gasteiger partial charge on any atom is -0.468 e. The zero-order valence-corrected chi connectivity index (χ0v) is 14.3. The van der Waals surface area contributed by atoms with E-state index < -0.39 is 0 Å². The van der Waals surface area contributed by atoms with E-state index in [1.807, 2.05) is 29.2 Å². The van der Waals surface area contributed by atoms with Crippen molar-refractivity contribution in [3.63, 3.8) is 0 Å². The summed E-state index contributed by atoms with van der Waals surface area (Å²) in [7, 11) is 1.65. The molecule has 1 N–H and O–H groups in total. The lowest BCUT2D eigenvalue weighted by atomic mass is 10.3. The normalized spacial score (nSPS) is 13.8. The molecule has 0 atom stereocenters. The van der Waals surface area contributed by atoms with Crippen LogP contribution in [0.1, 0.15) is 24.4 Å². The first-order chi connectivity index (χ1) is 12.1. The highest BCUT2D eigenvalue weighted by Gasteiger charge is 2.25. The maximum Gasteiger partial charge on any atom is 0.239 e. The number of carbonyl (C=O) groups is 2. The first kappa shape index (κ1) is 17.3. The molecule has 0 aliphatic heterocycles. The molecule has 7 heteroatoms. The Hall–Kier alpha value is -2.54. The van der Waals surface area contributed by atoms with Gasteiger partial charge in [0.15, 0.2) is 0 Å². The van der Waals surface area contributed by atoms with Gasteiger partial charge < -0.3 is 19.1 Å². The van der Waals surface area contributed by atoms with Crippen LogP contribution in [0.2, 0.25) is 0 Å². The van der Waals surface area contributed by atoms with Gasteiger partial charge in [0.05, 0.1) is 38.7 Å². The summed E-state index contributed by atoms with van der Waals surface area (Å²) in [6, 6.07) is 7.66. The predicted molar refractivity (Wildman–Crippen MR) is 90.3 cm³/mol. The largest absolute Gasteiger partial charge is 0.468 e. The van der Waals surface area contributed by atoms with Crippen LogP contribution in [0.15, 0.2) is 45.6 Å². The number of furan rings is 2. The van der Waals surface area contributed by atoms with E-state index in [1.54, 1.807) is 19.6 Å². The number of rotatable bonds is 9. The van der Waals surface area contributed by atoms with Gasteiger partial charge in [-0.05, 0) is 37.1 Å². The van der Waals surface area contributed by atoms with Crippen LogP contribution in [0.4, 0.5) is 0 Å². The highest BCUT2D eigenvalue weighted by molar-refractivity contribution is 5.85. The molecule has 2 amide bonds.